The Morgan fingerprint density at radius 3 is 2.57 bits per heavy atom. The van der Waals surface area contributed by atoms with Gasteiger partial charge in [0.05, 0.1) is 16.2 Å². The summed E-state index contributed by atoms with van der Waals surface area (Å²) in [7, 11) is 0. The summed E-state index contributed by atoms with van der Waals surface area (Å²) in [4.78, 5) is 32.6. The zero-order valence-corrected chi connectivity index (χ0v) is 11.8. The second kappa shape index (κ2) is 5.75. The monoisotopic (exact) mass is 354 g/mol. The number of aromatic carboxylic acids is 1. The largest absolute Gasteiger partial charge is 0.478 e. The molecule has 0 aliphatic carbocycles. The van der Waals surface area contributed by atoms with Crippen LogP contribution in [0.2, 0.25) is 0 Å². The van der Waals surface area contributed by atoms with Gasteiger partial charge in [-0.2, -0.15) is 0 Å². The summed E-state index contributed by atoms with van der Waals surface area (Å²) in [5, 5.41) is 21.8. The van der Waals surface area contributed by atoms with Crippen molar-refractivity contribution in [1.82, 2.24) is 0 Å². The van der Waals surface area contributed by atoms with Crippen LogP contribution >= 0.6 is 15.9 Å². The fourth-order valence-corrected chi connectivity index (χ4v) is 1.94. The smallest absolute Gasteiger partial charge is 0.338 e. The number of hydrogen-bond donors (Lipinski definition) is 2. The van der Waals surface area contributed by atoms with Gasteiger partial charge in [-0.15, -0.1) is 0 Å². The quantitative estimate of drug-likeness (QED) is 0.642. The van der Waals surface area contributed by atoms with Gasteiger partial charge in [-0.1, -0.05) is 0 Å². The molecule has 8 nitrogen and oxygen atoms in total. The van der Waals surface area contributed by atoms with E-state index < -0.39 is 16.8 Å². The summed E-state index contributed by atoms with van der Waals surface area (Å²) in [6.45, 7) is 0. The maximum atomic E-state index is 11.9. The van der Waals surface area contributed by atoms with Crippen molar-refractivity contribution in [1.29, 1.82) is 0 Å². The highest BCUT2D eigenvalue weighted by Crippen LogP contribution is 2.27. The second-order valence-corrected chi connectivity index (χ2v) is 4.73. The predicted molar refractivity (Wildman–Crippen MR) is 74.4 cm³/mol. The molecule has 0 atom stereocenters. The molecule has 0 radical (unpaired) electrons. The summed E-state index contributed by atoms with van der Waals surface area (Å²) in [6, 6.07) is 4.89. The molecule has 9 heteroatoms. The average molecular weight is 355 g/mol. The molecular formula is C12H7BrN2O6. The van der Waals surface area contributed by atoms with Gasteiger partial charge in [0.15, 0.2) is 5.76 Å². The number of carbonyl (C=O) groups excluding carboxylic acids is 1. The molecule has 1 aromatic heterocycles. The Morgan fingerprint density at radius 2 is 2.05 bits per heavy atom. The van der Waals surface area contributed by atoms with Crippen molar-refractivity contribution in [2.75, 3.05) is 5.32 Å². The van der Waals surface area contributed by atoms with Crippen LogP contribution in [-0.2, 0) is 0 Å². The number of halogens is 1. The van der Waals surface area contributed by atoms with Crippen molar-refractivity contribution in [2.24, 2.45) is 0 Å². The molecule has 0 bridgehead atoms. The first-order valence-electron chi connectivity index (χ1n) is 5.45. The lowest BCUT2D eigenvalue weighted by molar-refractivity contribution is -0.384. The van der Waals surface area contributed by atoms with Crippen molar-refractivity contribution in [3.63, 3.8) is 0 Å². The number of carbonyl (C=O) groups is 2. The Labute approximate surface area is 125 Å². The third kappa shape index (κ3) is 3.26. The Balaban J connectivity index is 2.19. The number of anilines is 1. The van der Waals surface area contributed by atoms with E-state index in [1.54, 1.807) is 0 Å². The minimum absolute atomic E-state index is 0.133. The lowest BCUT2D eigenvalue weighted by atomic mass is 10.2. The van der Waals surface area contributed by atoms with E-state index in [-0.39, 0.29) is 17.0 Å². The van der Waals surface area contributed by atoms with E-state index in [9.17, 15) is 19.7 Å². The minimum atomic E-state index is -1.21. The van der Waals surface area contributed by atoms with Gasteiger partial charge in [-0.05, 0) is 22.0 Å². The summed E-state index contributed by atoms with van der Waals surface area (Å²) in [5.41, 5.74) is 0.00725. The predicted octanol–water partition coefficient (Wildman–Crippen LogP) is 2.90. The van der Waals surface area contributed by atoms with Crippen LogP contribution < -0.4 is 5.32 Å². The van der Waals surface area contributed by atoms with Crippen molar-refractivity contribution in [3.05, 3.63) is 56.4 Å². The van der Waals surface area contributed by atoms with E-state index in [0.717, 1.165) is 12.3 Å². The molecule has 1 aromatic carbocycles. The van der Waals surface area contributed by atoms with Gasteiger partial charge in [-0.3, -0.25) is 14.9 Å². The van der Waals surface area contributed by atoms with Gasteiger partial charge in [0.25, 0.3) is 11.6 Å². The fraction of sp³-hybridized carbons (Fsp3) is 0. The number of carboxylic acid groups (broad SMARTS) is 1. The molecule has 0 spiro atoms. The van der Waals surface area contributed by atoms with Gasteiger partial charge >= 0.3 is 5.97 Å². The highest BCUT2D eigenvalue weighted by atomic mass is 79.9. The third-order valence-corrected chi connectivity index (χ3v) is 3.14. The Kier molecular flexibility index (Phi) is 4.03. The van der Waals surface area contributed by atoms with Crippen LogP contribution in [0.1, 0.15) is 20.9 Å². The van der Waals surface area contributed by atoms with E-state index in [4.69, 9.17) is 9.52 Å². The standard InChI is InChI=1S/C12H7BrN2O6/c13-8-4-7(15(19)20)1-2-9(8)14-11(16)10-3-6(5-21-10)12(17)18/h1-5H,(H,14,16)(H,17,18). The molecular weight excluding hydrogens is 348 g/mol. The summed E-state index contributed by atoms with van der Waals surface area (Å²) in [6.07, 6.45) is 0.947. The molecule has 0 aliphatic rings. The maximum Gasteiger partial charge on any atom is 0.338 e. The number of carboxylic acids is 1. The maximum absolute atomic E-state index is 11.9. The first-order valence-corrected chi connectivity index (χ1v) is 6.25. The molecule has 108 valence electrons. The van der Waals surface area contributed by atoms with Crippen molar-refractivity contribution in [2.45, 2.75) is 0 Å². The molecule has 0 saturated heterocycles. The van der Waals surface area contributed by atoms with Gasteiger partial charge < -0.3 is 14.8 Å². The zero-order valence-electron chi connectivity index (χ0n) is 10.2. The summed E-state index contributed by atoms with van der Waals surface area (Å²) < 4.78 is 5.16. The molecule has 2 rings (SSSR count). The van der Waals surface area contributed by atoms with Crippen LogP contribution in [0, 0.1) is 10.1 Å². The Bertz CT molecular complexity index is 739. The number of nitrogens with zero attached hydrogens (tertiary/aromatic N) is 1. The molecule has 0 saturated carbocycles. The average Bonchev–Trinajstić information content (AvgIpc) is 2.90. The first-order chi connectivity index (χ1) is 9.88. The number of non-ortho nitro benzene ring substituents is 1. The molecule has 1 amide bonds. The Hall–Kier alpha value is -2.68. The van der Waals surface area contributed by atoms with Gasteiger partial charge in [-0.25, -0.2) is 4.79 Å². The van der Waals surface area contributed by atoms with Gasteiger partial charge in [0.1, 0.15) is 6.26 Å². The first kappa shape index (κ1) is 14.7. The van der Waals surface area contributed by atoms with Crippen LogP contribution in [-0.4, -0.2) is 21.9 Å². The third-order valence-electron chi connectivity index (χ3n) is 2.48. The molecule has 0 fully saturated rings. The van der Waals surface area contributed by atoms with Crippen LogP contribution in [0.3, 0.4) is 0 Å². The highest BCUT2D eigenvalue weighted by molar-refractivity contribution is 9.10. The van der Waals surface area contributed by atoms with Gasteiger partial charge in [0.2, 0.25) is 0 Å². The number of rotatable bonds is 4. The second-order valence-electron chi connectivity index (χ2n) is 3.88. The number of hydrogen-bond acceptors (Lipinski definition) is 5. The zero-order chi connectivity index (χ0) is 15.6. The van der Waals surface area contributed by atoms with Crippen LogP contribution in [0.5, 0.6) is 0 Å². The molecule has 2 N–H and O–H groups in total. The summed E-state index contributed by atoms with van der Waals surface area (Å²) >= 11 is 3.10. The summed E-state index contributed by atoms with van der Waals surface area (Å²) in [5.74, 6) is -2.07. The van der Waals surface area contributed by atoms with E-state index in [2.05, 4.69) is 21.2 Å². The lowest BCUT2D eigenvalue weighted by Gasteiger charge is -2.05. The molecule has 0 aliphatic heterocycles. The molecule has 0 unspecified atom stereocenters. The van der Waals surface area contributed by atoms with Crippen LogP contribution in [0.4, 0.5) is 11.4 Å². The number of amides is 1. The minimum Gasteiger partial charge on any atom is -0.478 e. The van der Waals surface area contributed by atoms with E-state index in [1.807, 2.05) is 0 Å². The fourth-order valence-electron chi connectivity index (χ4n) is 1.47. The van der Waals surface area contributed by atoms with Gasteiger partial charge in [0, 0.05) is 22.7 Å². The highest BCUT2D eigenvalue weighted by Gasteiger charge is 2.17. The van der Waals surface area contributed by atoms with Crippen LogP contribution in [0.25, 0.3) is 0 Å². The van der Waals surface area contributed by atoms with Crippen LogP contribution in [0.15, 0.2) is 39.4 Å². The van der Waals surface area contributed by atoms with E-state index >= 15 is 0 Å². The lowest BCUT2D eigenvalue weighted by Crippen LogP contribution is -2.11. The number of nitrogens with one attached hydrogen (secondary N) is 1. The molecule has 21 heavy (non-hydrogen) atoms. The normalized spacial score (nSPS) is 10.1. The number of nitro benzene ring substituents is 1. The Morgan fingerprint density at radius 1 is 1.33 bits per heavy atom. The number of benzene rings is 1. The topological polar surface area (TPSA) is 123 Å². The number of furan rings is 1. The molecule has 1 heterocycles. The SMILES string of the molecule is O=C(O)c1coc(C(=O)Nc2ccc([N+](=O)[O-])cc2Br)c1. The van der Waals surface area contributed by atoms with Crippen molar-refractivity contribution >= 4 is 39.2 Å². The van der Waals surface area contributed by atoms with E-state index in [1.165, 1.54) is 18.2 Å². The number of nitro groups is 1. The van der Waals surface area contributed by atoms with Crippen molar-refractivity contribution < 1.29 is 24.0 Å². The molecule has 2 aromatic rings. The van der Waals surface area contributed by atoms with Crippen molar-refractivity contribution in [3.8, 4) is 0 Å². The van der Waals surface area contributed by atoms with E-state index in [0.29, 0.717) is 10.2 Å².